The minimum atomic E-state index is -4.70. The third-order valence-electron chi connectivity index (χ3n) is 5.32. The SMILES string of the molecule is CC1(C)C(C=C(Cl)C(F)(F)F)C1C(=O)OC(C#N)c1cccc(Oc2ccc(F)cc2)c1. The van der Waals surface area contributed by atoms with Gasteiger partial charge in [0.1, 0.15) is 28.4 Å². The summed E-state index contributed by atoms with van der Waals surface area (Å²) in [6, 6.07) is 13.4. The van der Waals surface area contributed by atoms with E-state index in [0.717, 1.165) is 6.08 Å². The van der Waals surface area contributed by atoms with Gasteiger partial charge in [0.25, 0.3) is 0 Å². The van der Waals surface area contributed by atoms with Crippen LogP contribution in [0.5, 0.6) is 11.5 Å². The summed E-state index contributed by atoms with van der Waals surface area (Å²) in [6.07, 6.45) is -5.18. The summed E-state index contributed by atoms with van der Waals surface area (Å²) >= 11 is 5.31. The minimum Gasteiger partial charge on any atom is -0.457 e. The van der Waals surface area contributed by atoms with Gasteiger partial charge in [0.15, 0.2) is 0 Å². The normalized spacial score (nSPS) is 20.8. The van der Waals surface area contributed by atoms with E-state index in [2.05, 4.69) is 0 Å². The molecule has 0 radical (unpaired) electrons. The van der Waals surface area contributed by atoms with Gasteiger partial charge < -0.3 is 9.47 Å². The number of carbonyl (C=O) groups is 1. The number of nitriles is 1. The lowest BCUT2D eigenvalue weighted by Crippen LogP contribution is -2.14. The summed E-state index contributed by atoms with van der Waals surface area (Å²) in [4.78, 5) is 12.6. The van der Waals surface area contributed by atoms with Crippen LogP contribution in [0.15, 0.2) is 59.6 Å². The van der Waals surface area contributed by atoms with Crippen molar-refractivity contribution in [1.29, 1.82) is 5.26 Å². The van der Waals surface area contributed by atoms with Crippen molar-refractivity contribution in [3.8, 4) is 17.6 Å². The van der Waals surface area contributed by atoms with Crippen molar-refractivity contribution in [3.05, 3.63) is 71.0 Å². The number of esters is 1. The molecule has 3 unspecified atom stereocenters. The number of alkyl halides is 3. The maximum absolute atomic E-state index is 13.0. The molecule has 3 rings (SSSR count). The van der Waals surface area contributed by atoms with Gasteiger partial charge in [-0.2, -0.15) is 18.4 Å². The number of benzene rings is 2. The van der Waals surface area contributed by atoms with Crippen LogP contribution in [0, 0.1) is 34.4 Å². The molecule has 3 atom stereocenters. The first-order chi connectivity index (χ1) is 14.9. The van der Waals surface area contributed by atoms with Crippen LogP contribution in [-0.2, 0) is 9.53 Å². The first-order valence-corrected chi connectivity index (χ1v) is 9.89. The van der Waals surface area contributed by atoms with Gasteiger partial charge in [-0.25, -0.2) is 4.39 Å². The molecule has 0 saturated heterocycles. The molecule has 0 N–H and O–H groups in total. The summed E-state index contributed by atoms with van der Waals surface area (Å²) < 4.78 is 62.1. The number of carbonyl (C=O) groups excluding carboxylic acids is 1. The smallest absolute Gasteiger partial charge is 0.426 e. The van der Waals surface area contributed by atoms with Crippen molar-refractivity contribution in [3.63, 3.8) is 0 Å². The fraction of sp³-hybridized carbons (Fsp3) is 0.304. The van der Waals surface area contributed by atoms with Crippen LogP contribution >= 0.6 is 11.6 Å². The van der Waals surface area contributed by atoms with Crippen molar-refractivity contribution in [2.75, 3.05) is 0 Å². The number of hydrogen-bond acceptors (Lipinski definition) is 4. The molecule has 0 bridgehead atoms. The molecule has 1 fully saturated rings. The van der Waals surface area contributed by atoms with Gasteiger partial charge in [-0.05, 0) is 47.7 Å². The number of ether oxygens (including phenoxy) is 2. The summed E-state index contributed by atoms with van der Waals surface area (Å²) in [6.45, 7) is 3.25. The average molecular weight is 468 g/mol. The molecule has 0 aliphatic heterocycles. The molecule has 32 heavy (non-hydrogen) atoms. The number of halogens is 5. The first-order valence-electron chi connectivity index (χ1n) is 9.51. The molecule has 1 aliphatic carbocycles. The van der Waals surface area contributed by atoms with Crippen LogP contribution in [0.3, 0.4) is 0 Å². The standard InChI is InChI=1S/C23H18ClF4NO3/c1-22(2)17(11-19(24)23(26,27)28)20(22)21(30)32-18(12-29)13-4-3-5-16(10-13)31-15-8-6-14(25)7-9-15/h3-11,17-18,20H,1-2H3. The Bertz CT molecular complexity index is 1070. The van der Waals surface area contributed by atoms with Crippen molar-refractivity contribution < 1.29 is 31.8 Å². The first kappa shape index (κ1) is 23.6. The van der Waals surface area contributed by atoms with Gasteiger partial charge in [0.2, 0.25) is 6.10 Å². The van der Waals surface area contributed by atoms with Gasteiger partial charge >= 0.3 is 12.1 Å². The molecule has 9 heteroatoms. The maximum Gasteiger partial charge on any atom is 0.426 e. The van der Waals surface area contributed by atoms with E-state index in [1.54, 1.807) is 32.0 Å². The van der Waals surface area contributed by atoms with E-state index in [-0.39, 0.29) is 0 Å². The molecule has 0 spiro atoms. The van der Waals surface area contributed by atoms with Crippen LogP contribution in [0.2, 0.25) is 0 Å². The molecule has 2 aromatic rings. The Balaban J connectivity index is 1.72. The Labute approximate surface area is 187 Å². The van der Waals surface area contributed by atoms with E-state index in [0.29, 0.717) is 17.1 Å². The number of rotatable bonds is 6. The van der Waals surface area contributed by atoms with E-state index in [9.17, 15) is 27.6 Å². The quantitative estimate of drug-likeness (QED) is 0.351. The molecule has 1 saturated carbocycles. The van der Waals surface area contributed by atoms with Gasteiger partial charge in [-0.1, -0.05) is 43.7 Å². The van der Waals surface area contributed by atoms with Crippen molar-refractivity contribution >= 4 is 17.6 Å². The van der Waals surface area contributed by atoms with Crippen molar-refractivity contribution in [2.24, 2.45) is 17.3 Å². The highest BCUT2D eigenvalue weighted by atomic mass is 35.5. The second-order valence-electron chi connectivity index (χ2n) is 7.91. The molecular weight excluding hydrogens is 450 g/mol. The monoisotopic (exact) mass is 467 g/mol. The molecule has 0 aromatic heterocycles. The van der Waals surface area contributed by atoms with Crippen molar-refractivity contribution in [1.82, 2.24) is 0 Å². The minimum absolute atomic E-state index is 0.319. The van der Waals surface area contributed by atoms with Gasteiger partial charge in [0, 0.05) is 5.56 Å². The van der Waals surface area contributed by atoms with E-state index in [4.69, 9.17) is 21.1 Å². The Kier molecular flexibility index (Phi) is 6.51. The molecule has 0 amide bonds. The largest absolute Gasteiger partial charge is 0.457 e. The second-order valence-corrected chi connectivity index (χ2v) is 8.32. The average Bonchev–Trinajstić information content (AvgIpc) is 3.27. The van der Waals surface area contributed by atoms with Gasteiger partial charge in [-0.15, -0.1) is 0 Å². The zero-order valence-corrected chi connectivity index (χ0v) is 17.7. The van der Waals surface area contributed by atoms with E-state index < -0.39 is 46.3 Å². The van der Waals surface area contributed by atoms with Crippen molar-refractivity contribution in [2.45, 2.75) is 26.1 Å². The van der Waals surface area contributed by atoms with E-state index >= 15 is 0 Å². The van der Waals surface area contributed by atoms with Crippen LogP contribution in [0.25, 0.3) is 0 Å². The van der Waals surface area contributed by atoms with Gasteiger partial charge in [-0.3, -0.25) is 4.79 Å². The number of nitrogens with zero attached hydrogens (tertiary/aromatic N) is 1. The highest BCUT2D eigenvalue weighted by Crippen LogP contribution is 2.60. The summed E-state index contributed by atoms with van der Waals surface area (Å²) in [5.74, 6) is -2.15. The number of allylic oxidation sites excluding steroid dienone is 2. The Morgan fingerprint density at radius 1 is 1.19 bits per heavy atom. The fourth-order valence-corrected chi connectivity index (χ4v) is 3.57. The van der Waals surface area contributed by atoms with Crippen LogP contribution in [-0.4, -0.2) is 12.1 Å². The fourth-order valence-electron chi connectivity index (χ4n) is 3.43. The topological polar surface area (TPSA) is 59.3 Å². The highest BCUT2D eigenvalue weighted by Gasteiger charge is 2.62. The predicted octanol–water partition coefficient (Wildman–Crippen LogP) is 6.68. The lowest BCUT2D eigenvalue weighted by Gasteiger charge is -2.13. The zero-order chi connectivity index (χ0) is 23.7. The third-order valence-corrected chi connectivity index (χ3v) is 5.66. The third kappa shape index (κ3) is 5.22. The van der Waals surface area contributed by atoms with E-state index in [1.807, 2.05) is 6.07 Å². The Morgan fingerprint density at radius 2 is 1.84 bits per heavy atom. The van der Waals surface area contributed by atoms with E-state index in [1.165, 1.54) is 30.3 Å². The summed E-state index contributed by atoms with van der Waals surface area (Å²) in [5.41, 5.74) is -0.477. The molecule has 168 valence electrons. The lowest BCUT2D eigenvalue weighted by molar-refractivity contribution is -0.149. The Hall–Kier alpha value is -3.05. The highest BCUT2D eigenvalue weighted by molar-refractivity contribution is 6.30. The maximum atomic E-state index is 13.0. The van der Waals surface area contributed by atoms with Gasteiger partial charge in [0.05, 0.1) is 5.92 Å². The second kappa shape index (κ2) is 8.83. The summed E-state index contributed by atoms with van der Waals surface area (Å²) in [7, 11) is 0. The Morgan fingerprint density at radius 3 is 2.44 bits per heavy atom. The number of hydrogen-bond donors (Lipinski definition) is 0. The van der Waals surface area contributed by atoms with Crippen LogP contribution in [0.4, 0.5) is 17.6 Å². The summed E-state index contributed by atoms with van der Waals surface area (Å²) in [5, 5.41) is 8.20. The molecule has 2 aromatic carbocycles. The molecule has 0 heterocycles. The van der Waals surface area contributed by atoms with Crippen LogP contribution < -0.4 is 4.74 Å². The lowest BCUT2D eigenvalue weighted by atomic mass is 10.1. The zero-order valence-electron chi connectivity index (χ0n) is 17.0. The molecule has 4 nitrogen and oxygen atoms in total. The predicted molar refractivity (Wildman–Crippen MR) is 108 cm³/mol. The molecular formula is C23H18ClF4NO3. The van der Waals surface area contributed by atoms with Crippen LogP contribution in [0.1, 0.15) is 25.5 Å². The molecule has 1 aliphatic rings.